The van der Waals surface area contributed by atoms with Crippen LogP contribution in [0.5, 0.6) is 0 Å². The molecule has 0 aliphatic heterocycles. The van der Waals surface area contributed by atoms with Gasteiger partial charge in [-0.3, -0.25) is 9.10 Å². The lowest BCUT2D eigenvalue weighted by Gasteiger charge is -2.17. The number of nitrogens with zero attached hydrogens (tertiary/aromatic N) is 1. The number of carbonyl (C=O) groups excluding carboxylic acids is 1. The molecule has 0 unspecified atom stereocenters. The molecule has 0 saturated carbocycles. The summed E-state index contributed by atoms with van der Waals surface area (Å²) >= 11 is 6.14. The highest BCUT2D eigenvalue weighted by atomic mass is 35.5. The van der Waals surface area contributed by atoms with E-state index in [0.717, 1.165) is 21.7 Å². The number of rotatable bonds is 5. The second kappa shape index (κ2) is 7.23. The molecule has 7 heteroatoms. The summed E-state index contributed by atoms with van der Waals surface area (Å²) in [5.74, 6) is -0.311. The van der Waals surface area contributed by atoms with Gasteiger partial charge in [-0.15, -0.1) is 0 Å². The van der Waals surface area contributed by atoms with Crippen molar-refractivity contribution in [3.8, 4) is 0 Å². The lowest BCUT2D eigenvalue weighted by molar-refractivity contribution is 0.0951. The number of anilines is 1. The smallest absolute Gasteiger partial charge is 0.253 e. The first-order valence-corrected chi connectivity index (χ1v) is 9.48. The van der Waals surface area contributed by atoms with E-state index in [1.807, 2.05) is 31.2 Å². The summed E-state index contributed by atoms with van der Waals surface area (Å²) in [7, 11) is -1.95. The molecule has 0 bridgehead atoms. The highest BCUT2D eigenvalue weighted by Gasteiger charge is 2.16. The molecule has 2 rings (SSSR count). The van der Waals surface area contributed by atoms with E-state index in [9.17, 15) is 13.2 Å². The lowest BCUT2D eigenvalue weighted by atomic mass is 10.1. The molecule has 0 radical (unpaired) electrons. The number of amides is 1. The van der Waals surface area contributed by atoms with Crippen LogP contribution < -0.4 is 9.62 Å². The molecule has 0 atom stereocenters. The molecule has 0 fully saturated rings. The number of carbonyl (C=O) groups is 1. The van der Waals surface area contributed by atoms with Crippen LogP contribution in [0.1, 0.15) is 21.5 Å². The maximum atomic E-state index is 12.3. The highest BCUT2D eigenvalue weighted by molar-refractivity contribution is 7.92. The van der Waals surface area contributed by atoms with E-state index in [1.165, 1.54) is 19.2 Å². The third kappa shape index (κ3) is 4.49. The summed E-state index contributed by atoms with van der Waals surface area (Å²) in [5, 5.41) is 3.00. The fourth-order valence-corrected chi connectivity index (χ4v) is 2.82. The van der Waals surface area contributed by atoms with Crippen LogP contribution in [-0.4, -0.2) is 27.6 Å². The number of aryl methyl sites for hydroxylation is 1. The van der Waals surface area contributed by atoms with Gasteiger partial charge in [0.2, 0.25) is 10.0 Å². The SMILES string of the molecule is Cc1ccc(CNC(=O)c2ccc(N(C)S(C)(=O)=O)cc2Cl)cc1. The van der Waals surface area contributed by atoms with Crippen molar-refractivity contribution in [1.82, 2.24) is 5.32 Å². The number of hydrogen-bond donors (Lipinski definition) is 1. The molecular formula is C17H19ClN2O3S. The first-order chi connectivity index (χ1) is 11.2. The highest BCUT2D eigenvalue weighted by Crippen LogP contribution is 2.24. The minimum Gasteiger partial charge on any atom is -0.348 e. The molecule has 0 aliphatic carbocycles. The summed E-state index contributed by atoms with van der Waals surface area (Å²) in [4.78, 5) is 12.3. The number of hydrogen-bond acceptors (Lipinski definition) is 3. The van der Waals surface area contributed by atoms with E-state index in [0.29, 0.717) is 17.8 Å². The first kappa shape index (κ1) is 18.3. The third-order valence-corrected chi connectivity index (χ3v) is 5.15. The quantitative estimate of drug-likeness (QED) is 0.884. The van der Waals surface area contributed by atoms with Gasteiger partial charge in [0.1, 0.15) is 0 Å². The van der Waals surface area contributed by atoms with Crippen LogP contribution in [0.15, 0.2) is 42.5 Å². The molecular weight excluding hydrogens is 348 g/mol. The fourth-order valence-electron chi connectivity index (χ4n) is 2.06. The minimum atomic E-state index is -3.38. The van der Waals surface area contributed by atoms with Gasteiger partial charge in [0, 0.05) is 13.6 Å². The van der Waals surface area contributed by atoms with Crippen molar-refractivity contribution in [3.05, 3.63) is 64.2 Å². The molecule has 1 amide bonds. The zero-order chi connectivity index (χ0) is 17.9. The Hall–Kier alpha value is -2.05. The Bertz CT molecular complexity index is 849. The summed E-state index contributed by atoms with van der Waals surface area (Å²) in [6, 6.07) is 12.4. The van der Waals surface area contributed by atoms with Crippen LogP contribution in [0.3, 0.4) is 0 Å². The van der Waals surface area contributed by atoms with Crippen molar-refractivity contribution in [2.75, 3.05) is 17.6 Å². The second-order valence-electron chi connectivity index (χ2n) is 5.56. The summed E-state index contributed by atoms with van der Waals surface area (Å²) in [6.07, 6.45) is 1.10. The molecule has 1 N–H and O–H groups in total. The Balaban J connectivity index is 2.11. The van der Waals surface area contributed by atoms with Gasteiger partial charge in [0.25, 0.3) is 5.91 Å². The largest absolute Gasteiger partial charge is 0.348 e. The van der Waals surface area contributed by atoms with E-state index in [-0.39, 0.29) is 10.9 Å². The Morgan fingerprint density at radius 3 is 2.33 bits per heavy atom. The molecule has 128 valence electrons. The minimum absolute atomic E-state index is 0.199. The Labute approximate surface area is 147 Å². The molecule has 0 aliphatic rings. The van der Waals surface area contributed by atoms with E-state index in [2.05, 4.69) is 5.32 Å². The molecule has 0 spiro atoms. The van der Waals surface area contributed by atoms with Crippen molar-refractivity contribution in [1.29, 1.82) is 0 Å². The molecule has 24 heavy (non-hydrogen) atoms. The van der Waals surface area contributed by atoms with E-state index < -0.39 is 10.0 Å². The van der Waals surface area contributed by atoms with Gasteiger partial charge in [0.05, 0.1) is 22.5 Å². The number of sulfonamides is 1. The predicted octanol–water partition coefficient (Wildman–Crippen LogP) is 2.97. The van der Waals surface area contributed by atoms with Gasteiger partial charge in [0.15, 0.2) is 0 Å². The fraction of sp³-hybridized carbons (Fsp3) is 0.235. The van der Waals surface area contributed by atoms with Crippen LogP contribution in [0.25, 0.3) is 0 Å². The van der Waals surface area contributed by atoms with Gasteiger partial charge in [-0.25, -0.2) is 8.42 Å². The second-order valence-corrected chi connectivity index (χ2v) is 7.98. The van der Waals surface area contributed by atoms with Crippen molar-refractivity contribution >= 4 is 33.2 Å². The van der Waals surface area contributed by atoms with Crippen molar-refractivity contribution in [2.45, 2.75) is 13.5 Å². The molecule has 5 nitrogen and oxygen atoms in total. The Kier molecular flexibility index (Phi) is 5.51. The van der Waals surface area contributed by atoms with E-state index >= 15 is 0 Å². The van der Waals surface area contributed by atoms with Gasteiger partial charge in [-0.1, -0.05) is 41.4 Å². The van der Waals surface area contributed by atoms with Crippen LogP contribution in [0.4, 0.5) is 5.69 Å². The average molecular weight is 367 g/mol. The van der Waals surface area contributed by atoms with Gasteiger partial charge >= 0.3 is 0 Å². The van der Waals surface area contributed by atoms with Gasteiger partial charge in [-0.2, -0.15) is 0 Å². The van der Waals surface area contributed by atoms with Crippen LogP contribution in [0.2, 0.25) is 5.02 Å². The zero-order valence-corrected chi connectivity index (χ0v) is 15.3. The van der Waals surface area contributed by atoms with E-state index in [4.69, 9.17) is 11.6 Å². The van der Waals surface area contributed by atoms with Crippen LogP contribution >= 0.6 is 11.6 Å². The molecule has 2 aromatic carbocycles. The summed E-state index contributed by atoms with van der Waals surface area (Å²) in [6.45, 7) is 2.39. The monoisotopic (exact) mass is 366 g/mol. The lowest BCUT2D eigenvalue weighted by Crippen LogP contribution is -2.26. The molecule has 0 aromatic heterocycles. The number of halogens is 1. The van der Waals surface area contributed by atoms with Crippen molar-refractivity contribution in [3.63, 3.8) is 0 Å². The van der Waals surface area contributed by atoms with E-state index in [1.54, 1.807) is 6.07 Å². The van der Waals surface area contributed by atoms with Gasteiger partial charge < -0.3 is 5.32 Å². The van der Waals surface area contributed by atoms with Gasteiger partial charge in [-0.05, 0) is 30.7 Å². The van der Waals surface area contributed by atoms with Crippen molar-refractivity contribution in [2.24, 2.45) is 0 Å². The average Bonchev–Trinajstić information content (AvgIpc) is 2.52. The Morgan fingerprint density at radius 2 is 1.79 bits per heavy atom. The zero-order valence-electron chi connectivity index (χ0n) is 13.7. The topological polar surface area (TPSA) is 66.5 Å². The Morgan fingerprint density at radius 1 is 1.17 bits per heavy atom. The molecule has 0 saturated heterocycles. The molecule has 0 heterocycles. The van der Waals surface area contributed by atoms with Crippen LogP contribution in [-0.2, 0) is 16.6 Å². The number of nitrogens with one attached hydrogen (secondary N) is 1. The maximum Gasteiger partial charge on any atom is 0.253 e. The summed E-state index contributed by atoms with van der Waals surface area (Å²) in [5.41, 5.74) is 2.84. The van der Waals surface area contributed by atoms with Crippen molar-refractivity contribution < 1.29 is 13.2 Å². The number of benzene rings is 2. The first-order valence-electron chi connectivity index (χ1n) is 7.25. The maximum absolute atomic E-state index is 12.3. The van der Waals surface area contributed by atoms with Crippen LogP contribution in [0, 0.1) is 6.92 Å². The molecule has 2 aromatic rings. The summed E-state index contributed by atoms with van der Waals surface area (Å²) < 4.78 is 24.2. The normalized spacial score (nSPS) is 11.2. The predicted molar refractivity (Wildman–Crippen MR) is 97.0 cm³/mol. The third-order valence-electron chi connectivity index (χ3n) is 3.63. The standard InChI is InChI=1S/C17H19ClN2O3S/c1-12-4-6-13(7-5-12)11-19-17(21)15-9-8-14(10-16(15)18)20(2)24(3,22)23/h4-10H,11H2,1-3H3,(H,19,21).